The highest BCUT2D eigenvalue weighted by molar-refractivity contribution is 7.09. The SMILES string of the molecule is Cc1csc(CC(Cc2ccccc2Cl)C(=O)O)n1. The summed E-state index contributed by atoms with van der Waals surface area (Å²) in [5.74, 6) is -1.31. The lowest BCUT2D eigenvalue weighted by atomic mass is 9.96. The fourth-order valence-electron chi connectivity index (χ4n) is 1.88. The summed E-state index contributed by atoms with van der Waals surface area (Å²) in [5.41, 5.74) is 1.80. The Kier molecular flexibility index (Phi) is 4.56. The number of carboxylic acids is 1. The van der Waals surface area contributed by atoms with Gasteiger partial charge in [0.05, 0.1) is 10.9 Å². The first-order valence-electron chi connectivity index (χ1n) is 5.93. The van der Waals surface area contributed by atoms with E-state index in [0.717, 1.165) is 16.3 Å². The molecule has 1 atom stereocenters. The highest BCUT2D eigenvalue weighted by Gasteiger charge is 2.21. The van der Waals surface area contributed by atoms with Crippen molar-refractivity contribution in [2.75, 3.05) is 0 Å². The molecule has 1 heterocycles. The number of thiazole rings is 1. The predicted octanol–water partition coefficient (Wildman–Crippen LogP) is 3.59. The third-order valence-electron chi connectivity index (χ3n) is 2.86. The van der Waals surface area contributed by atoms with Gasteiger partial charge in [-0.1, -0.05) is 29.8 Å². The molecule has 2 rings (SSSR count). The highest BCUT2D eigenvalue weighted by atomic mass is 35.5. The van der Waals surface area contributed by atoms with Gasteiger partial charge in [-0.2, -0.15) is 0 Å². The van der Waals surface area contributed by atoms with Crippen LogP contribution in [0.4, 0.5) is 0 Å². The maximum atomic E-state index is 11.4. The molecule has 0 spiro atoms. The Bertz CT molecular complexity index is 582. The first kappa shape index (κ1) is 14.0. The van der Waals surface area contributed by atoms with Crippen LogP contribution in [0.2, 0.25) is 5.02 Å². The van der Waals surface area contributed by atoms with Crippen LogP contribution in [0.25, 0.3) is 0 Å². The Morgan fingerprint density at radius 3 is 2.74 bits per heavy atom. The lowest BCUT2D eigenvalue weighted by molar-refractivity contribution is -0.141. The first-order chi connectivity index (χ1) is 9.06. The van der Waals surface area contributed by atoms with Crippen LogP contribution in [0.5, 0.6) is 0 Å². The van der Waals surface area contributed by atoms with E-state index in [1.165, 1.54) is 11.3 Å². The molecule has 1 unspecified atom stereocenters. The van der Waals surface area contributed by atoms with Crippen molar-refractivity contribution in [3.05, 3.63) is 50.9 Å². The van der Waals surface area contributed by atoms with Crippen molar-refractivity contribution in [3.8, 4) is 0 Å². The molecule has 2 aromatic rings. The number of benzene rings is 1. The van der Waals surface area contributed by atoms with Crippen molar-refractivity contribution in [1.29, 1.82) is 0 Å². The van der Waals surface area contributed by atoms with Gasteiger partial charge in [-0.25, -0.2) is 4.98 Å². The van der Waals surface area contributed by atoms with Crippen LogP contribution in [-0.4, -0.2) is 16.1 Å². The Hall–Kier alpha value is -1.39. The zero-order valence-electron chi connectivity index (χ0n) is 10.5. The van der Waals surface area contributed by atoms with Crippen LogP contribution in [0.15, 0.2) is 29.6 Å². The number of nitrogens with zero attached hydrogens (tertiary/aromatic N) is 1. The summed E-state index contributed by atoms with van der Waals surface area (Å²) in [5, 5.41) is 12.7. The van der Waals surface area contributed by atoms with Gasteiger partial charge in [0.15, 0.2) is 0 Å². The van der Waals surface area contributed by atoms with Crippen LogP contribution in [-0.2, 0) is 17.6 Å². The number of carboxylic acid groups (broad SMARTS) is 1. The van der Waals surface area contributed by atoms with Gasteiger partial charge in [0, 0.05) is 22.5 Å². The van der Waals surface area contributed by atoms with E-state index in [1.54, 1.807) is 6.07 Å². The van der Waals surface area contributed by atoms with Crippen molar-refractivity contribution in [2.24, 2.45) is 5.92 Å². The van der Waals surface area contributed by atoms with E-state index in [9.17, 15) is 9.90 Å². The third-order valence-corrected chi connectivity index (χ3v) is 4.22. The second-order valence-electron chi connectivity index (χ2n) is 4.42. The molecule has 0 radical (unpaired) electrons. The second-order valence-corrected chi connectivity index (χ2v) is 5.77. The Morgan fingerprint density at radius 2 is 2.16 bits per heavy atom. The summed E-state index contributed by atoms with van der Waals surface area (Å²) < 4.78 is 0. The van der Waals surface area contributed by atoms with E-state index in [4.69, 9.17) is 11.6 Å². The zero-order valence-corrected chi connectivity index (χ0v) is 12.0. The molecule has 1 aromatic heterocycles. The van der Waals surface area contributed by atoms with Crippen molar-refractivity contribution in [2.45, 2.75) is 19.8 Å². The topological polar surface area (TPSA) is 50.2 Å². The van der Waals surface area contributed by atoms with E-state index in [0.29, 0.717) is 17.9 Å². The van der Waals surface area contributed by atoms with Gasteiger partial charge in [0.2, 0.25) is 0 Å². The van der Waals surface area contributed by atoms with Crippen molar-refractivity contribution in [1.82, 2.24) is 4.98 Å². The summed E-state index contributed by atoms with van der Waals surface area (Å²) in [6.45, 7) is 1.91. The summed E-state index contributed by atoms with van der Waals surface area (Å²) in [6, 6.07) is 7.36. The molecule has 0 fully saturated rings. The number of carbonyl (C=O) groups is 1. The van der Waals surface area contributed by atoms with E-state index in [2.05, 4.69) is 4.98 Å². The monoisotopic (exact) mass is 295 g/mol. The number of aromatic nitrogens is 1. The largest absolute Gasteiger partial charge is 0.481 e. The maximum Gasteiger partial charge on any atom is 0.307 e. The van der Waals surface area contributed by atoms with Crippen LogP contribution in [0.3, 0.4) is 0 Å². The Labute approximate surface area is 120 Å². The number of rotatable bonds is 5. The molecule has 0 saturated heterocycles. The molecule has 0 bridgehead atoms. The number of aryl methyl sites for hydroxylation is 1. The first-order valence-corrected chi connectivity index (χ1v) is 7.19. The van der Waals surface area contributed by atoms with Gasteiger partial charge in [-0.3, -0.25) is 4.79 Å². The molecule has 0 aliphatic rings. The van der Waals surface area contributed by atoms with Gasteiger partial charge in [0.25, 0.3) is 0 Å². The number of hydrogen-bond acceptors (Lipinski definition) is 3. The average Bonchev–Trinajstić information content (AvgIpc) is 2.76. The minimum Gasteiger partial charge on any atom is -0.481 e. The third kappa shape index (κ3) is 3.78. The molecule has 1 aromatic carbocycles. The zero-order chi connectivity index (χ0) is 13.8. The molecule has 0 aliphatic carbocycles. The highest BCUT2D eigenvalue weighted by Crippen LogP contribution is 2.22. The van der Waals surface area contributed by atoms with Gasteiger partial charge >= 0.3 is 5.97 Å². The van der Waals surface area contributed by atoms with Crippen LogP contribution >= 0.6 is 22.9 Å². The van der Waals surface area contributed by atoms with E-state index in [1.807, 2.05) is 30.5 Å². The Morgan fingerprint density at radius 1 is 1.42 bits per heavy atom. The maximum absolute atomic E-state index is 11.4. The van der Waals surface area contributed by atoms with Crippen LogP contribution in [0, 0.1) is 12.8 Å². The number of halogens is 1. The van der Waals surface area contributed by atoms with E-state index < -0.39 is 11.9 Å². The van der Waals surface area contributed by atoms with Crippen LogP contribution in [0.1, 0.15) is 16.3 Å². The molecule has 0 saturated carbocycles. The average molecular weight is 296 g/mol. The fraction of sp³-hybridized carbons (Fsp3) is 0.286. The van der Waals surface area contributed by atoms with E-state index in [-0.39, 0.29) is 0 Å². The minimum absolute atomic E-state index is 0.424. The summed E-state index contributed by atoms with van der Waals surface area (Å²) in [4.78, 5) is 15.7. The normalized spacial score (nSPS) is 12.3. The lowest BCUT2D eigenvalue weighted by Gasteiger charge is -2.11. The fourth-order valence-corrected chi connectivity index (χ4v) is 2.95. The number of aliphatic carboxylic acids is 1. The predicted molar refractivity (Wildman–Crippen MR) is 76.8 cm³/mol. The standard InChI is InChI=1S/C14H14ClNO2S/c1-9-8-19-13(16-9)7-11(14(17)18)6-10-4-2-3-5-12(10)15/h2-5,8,11H,6-7H2,1H3,(H,17,18). The van der Waals surface area contributed by atoms with Crippen LogP contribution < -0.4 is 0 Å². The molecular weight excluding hydrogens is 282 g/mol. The second kappa shape index (κ2) is 6.17. The van der Waals surface area contributed by atoms with Gasteiger partial charge in [-0.15, -0.1) is 11.3 Å². The summed E-state index contributed by atoms with van der Waals surface area (Å²) >= 11 is 7.58. The summed E-state index contributed by atoms with van der Waals surface area (Å²) in [6.07, 6.45) is 0.868. The lowest BCUT2D eigenvalue weighted by Crippen LogP contribution is -2.19. The van der Waals surface area contributed by atoms with Crippen molar-refractivity contribution in [3.63, 3.8) is 0 Å². The number of hydrogen-bond donors (Lipinski definition) is 1. The Balaban J connectivity index is 2.13. The van der Waals surface area contributed by atoms with Crippen molar-refractivity contribution < 1.29 is 9.90 Å². The van der Waals surface area contributed by atoms with E-state index >= 15 is 0 Å². The molecular formula is C14H14ClNO2S. The molecule has 3 nitrogen and oxygen atoms in total. The van der Waals surface area contributed by atoms with Gasteiger partial charge < -0.3 is 5.11 Å². The van der Waals surface area contributed by atoms with Gasteiger partial charge in [0.1, 0.15) is 0 Å². The molecule has 0 aliphatic heterocycles. The van der Waals surface area contributed by atoms with Gasteiger partial charge in [-0.05, 0) is 25.0 Å². The molecule has 100 valence electrons. The minimum atomic E-state index is -0.812. The van der Waals surface area contributed by atoms with Crippen molar-refractivity contribution >= 4 is 28.9 Å². The molecule has 5 heteroatoms. The smallest absolute Gasteiger partial charge is 0.307 e. The molecule has 0 amide bonds. The molecule has 1 N–H and O–H groups in total. The molecule has 19 heavy (non-hydrogen) atoms. The quantitative estimate of drug-likeness (QED) is 0.917. The summed E-state index contributed by atoms with van der Waals surface area (Å²) in [7, 11) is 0.